The van der Waals surface area contributed by atoms with E-state index in [2.05, 4.69) is 10.3 Å². The Hall–Kier alpha value is -2.08. The molecule has 0 aliphatic heterocycles. The van der Waals surface area contributed by atoms with Crippen LogP contribution < -0.4 is 11.1 Å². The normalized spacial score (nSPS) is 10.2. The monoisotopic (exact) mass is 277 g/mol. The number of nitrogen functional groups attached to an aromatic ring is 1. The third kappa shape index (κ3) is 3.45. The molecule has 0 radical (unpaired) electrons. The van der Waals surface area contributed by atoms with Crippen LogP contribution in [0, 0.1) is 0 Å². The minimum atomic E-state index is -0.344. The molecule has 100 valence electrons. The summed E-state index contributed by atoms with van der Waals surface area (Å²) in [5, 5.41) is 3.19. The number of aromatic nitrogens is 1. The quantitative estimate of drug-likeness (QED) is 0.648. The van der Waals surface area contributed by atoms with Gasteiger partial charge in [0.05, 0.1) is 35.6 Å². The number of ether oxygens (including phenoxy) is 1. The van der Waals surface area contributed by atoms with Gasteiger partial charge >= 0.3 is 5.97 Å². The Labute approximate surface area is 115 Å². The molecule has 0 atom stereocenters. The fourth-order valence-electron chi connectivity index (χ4n) is 1.56. The number of anilines is 2. The molecule has 1 aromatic carbocycles. The zero-order valence-corrected chi connectivity index (χ0v) is 11.4. The van der Waals surface area contributed by atoms with E-state index in [1.165, 1.54) is 0 Å². The van der Waals surface area contributed by atoms with Gasteiger partial charge < -0.3 is 15.8 Å². The standard InChI is InChI=1S/C13H15N3O2S/c1-2-18-13(17)9-3-4-11(14)12(5-9)16-7-10-6-15-8-19-10/h3-6,8,16H,2,7,14H2,1H3. The molecule has 1 heterocycles. The number of hydrogen-bond acceptors (Lipinski definition) is 6. The average Bonchev–Trinajstić information content (AvgIpc) is 2.91. The van der Waals surface area contributed by atoms with E-state index < -0.39 is 0 Å². The van der Waals surface area contributed by atoms with Crippen LogP contribution in [0.4, 0.5) is 11.4 Å². The lowest BCUT2D eigenvalue weighted by Crippen LogP contribution is -2.07. The van der Waals surface area contributed by atoms with Gasteiger partial charge in [-0.2, -0.15) is 0 Å². The first kappa shape index (κ1) is 13.4. The van der Waals surface area contributed by atoms with Gasteiger partial charge in [0.15, 0.2) is 0 Å². The van der Waals surface area contributed by atoms with E-state index in [1.807, 2.05) is 0 Å². The fraction of sp³-hybridized carbons (Fsp3) is 0.231. The Kier molecular flexibility index (Phi) is 4.35. The van der Waals surface area contributed by atoms with Crippen LogP contribution in [-0.4, -0.2) is 17.6 Å². The van der Waals surface area contributed by atoms with Crippen molar-refractivity contribution >= 4 is 28.7 Å². The van der Waals surface area contributed by atoms with E-state index in [0.717, 1.165) is 10.6 Å². The summed E-state index contributed by atoms with van der Waals surface area (Å²) in [7, 11) is 0. The third-order valence-corrected chi connectivity index (χ3v) is 3.28. The number of esters is 1. The lowest BCUT2D eigenvalue weighted by molar-refractivity contribution is 0.0526. The Morgan fingerprint density at radius 3 is 3.05 bits per heavy atom. The molecule has 0 bridgehead atoms. The first-order valence-corrected chi connectivity index (χ1v) is 6.76. The molecule has 0 aliphatic carbocycles. The first-order valence-electron chi connectivity index (χ1n) is 5.88. The molecule has 0 unspecified atom stereocenters. The number of rotatable bonds is 5. The van der Waals surface area contributed by atoms with E-state index in [-0.39, 0.29) is 5.97 Å². The van der Waals surface area contributed by atoms with Gasteiger partial charge in [-0.1, -0.05) is 0 Å². The molecule has 0 amide bonds. The summed E-state index contributed by atoms with van der Waals surface area (Å²) in [6.07, 6.45) is 1.79. The van der Waals surface area contributed by atoms with Crippen LogP contribution in [0.2, 0.25) is 0 Å². The SMILES string of the molecule is CCOC(=O)c1ccc(N)c(NCc2cncs2)c1. The summed E-state index contributed by atoms with van der Waals surface area (Å²) in [6.45, 7) is 2.76. The molecule has 0 saturated carbocycles. The van der Waals surface area contributed by atoms with Crippen molar-refractivity contribution in [1.82, 2.24) is 4.98 Å². The van der Waals surface area contributed by atoms with E-state index in [4.69, 9.17) is 10.5 Å². The number of nitrogens with two attached hydrogens (primary N) is 1. The van der Waals surface area contributed by atoms with E-state index in [0.29, 0.717) is 24.4 Å². The van der Waals surface area contributed by atoms with Crippen molar-refractivity contribution in [3.63, 3.8) is 0 Å². The average molecular weight is 277 g/mol. The van der Waals surface area contributed by atoms with Crippen molar-refractivity contribution in [1.29, 1.82) is 0 Å². The van der Waals surface area contributed by atoms with E-state index in [9.17, 15) is 4.79 Å². The molecule has 6 heteroatoms. The topological polar surface area (TPSA) is 77.2 Å². The van der Waals surface area contributed by atoms with Crippen LogP contribution >= 0.6 is 11.3 Å². The van der Waals surface area contributed by atoms with Crippen molar-refractivity contribution in [2.75, 3.05) is 17.7 Å². The molecule has 0 fully saturated rings. The van der Waals surface area contributed by atoms with Gasteiger partial charge in [0.25, 0.3) is 0 Å². The second kappa shape index (κ2) is 6.19. The molecule has 3 N–H and O–H groups in total. The number of nitrogens with one attached hydrogen (secondary N) is 1. The van der Waals surface area contributed by atoms with Crippen LogP contribution in [-0.2, 0) is 11.3 Å². The molecule has 0 saturated heterocycles. The minimum Gasteiger partial charge on any atom is -0.462 e. The second-order valence-corrected chi connectivity index (χ2v) is 4.81. The molecule has 5 nitrogen and oxygen atoms in total. The second-order valence-electron chi connectivity index (χ2n) is 3.84. The highest BCUT2D eigenvalue weighted by molar-refractivity contribution is 7.09. The zero-order valence-electron chi connectivity index (χ0n) is 10.6. The summed E-state index contributed by atoms with van der Waals surface area (Å²) < 4.78 is 4.96. The summed E-state index contributed by atoms with van der Waals surface area (Å²) in [4.78, 5) is 16.7. The van der Waals surface area contributed by atoms with Crippen LogP contribution in [0.25, 0.3) is 0 Å². The van der Waals surface area contributed by atoms with Gasteiger partial charge in [0.1, 0.15) is 0 Å². The maximum absolute atomic E-state index is 11.6. The molecule has 1 aromatic heterocycles. The molecule has 2 aromatic rings. The number of benzene rings is 1. The summed E-state index contributed by atoms with van der Waals surface area (Å²) in [6, 6.07) is 5.06. The minimum absolute atomic E-state index is 0.344. The lowest BCUT2D eigenvalue weighted by atomic mass is 10.1. The molecule has 0 aliphatic rings. The number of carbonyl (C=O) groups is 1. The largest absolute Gasteiger partial charge is 0.462 e. The number of thiazole rings is 1. The van der Waals surface area contributed by atoms with Crippen molar-refractivity contribution in [2.24, 2.45) is 0 Å². The predicted molar refractivity (Wildman–Crippen MR) is 76.3 cm³/mol. The fourth-order valence-corrected chi connectivity index (χ4v) is 2.10. The van der Waals surface area contributed by atoms with Gasteiger partial charge in [-0.05, 0) is 25.1 Å². The Morgan fingerprint density at radius 2 is 2.37 bits per heavy atom. The van der Waals surface area contributed by atoms with Crippen molar-refractivity contribution in [3.8, 4) is 0 Å². The highest BCUT2D eigenvalue weighted by Crippen LogP contribution is 2.22. The Morgan fingerprint density at radius 1 is 1.53 bits per heavy atom. The highest BCUT2D eigenvalue weighted by atomic mass is 32.1. The third-order valence-electron chi connectivity index (χ3n) is 2.50. The summed E-state index contributed by atoms with van der Waals surface area (Å²) >= 11 is 1.56. The maximum atomic E-state index is 11.6. The van der Waals surface area contributed by atoms with Gasteiger partial charge in [-0.3, -0.25) is 4.98 Å². The smallest absolute Gasteiger partial charge is 0.338 e. The van der Waals surface area contributed by atoms with Crippen molar-refractivity contribution < 1.29 is 9.53 Å². The van der Waals surface area contributed by atoms with E-state index in [1.54, 1.807) is 48.2 Å². The van der Waals surface area contributed by atoms with Gasteiger partial charge in [-0.25, -0.2) is 4.79 Å². The molecule has 0 spiro atoms. The number of hydrogen-bond donors (Lipinski definition) is 2. The summed E-state index contributed by atoms with van der Waals surface area (Å²) in [5.41, 5.74) is 9.45. The Bertz CT molecular complexity index is 555. The van der Waals surface area contributed by atoms with Gasteiger partial charge in [-0.15, -0.1) is 11.3 Å². The van der Waals surface area contributed by atoms with Crippen molar-refractivity contribution in [3.05, 3.63) is 40.3 Å². The van der Waals surface area contributed by atoms with Crippen molar-refractivity contribution in [2.45, 2.75) is 13.5 Å². The lowest BCUT2D eigenvalue weighted by Gasteiger charge is -2.10. The molecule has 2 rings (SSSR count). The number of carbonyl (C=O) groups excluding carboxylic acids is 1. The van der Waals surface area contributed by atoms with Gasteiger partial charge in [0.2, 0.25) is 0 Å². The first-order chi connectivity index (χ1) is 9.20. The molecule has 19 heavy (non-hydrogen) atoms. The summed E-state index contributed by atoms with van der Waals surface area (Å²) in [5.74, 6) is -0.344. The van der Waals surface area contributed by atoms with E-state index >= 15 is 0 Å². The van der Waals surface area contributed by atoms with Crippen LogP contribution in [0.5, 0.6) is 0 Å². The maximum Gasteiger partial charge on any atom is 0.338 e. The number of nitrogens with zero attached hydrogens (tertiary/aromatic N) is 1. The van der Waals surface area contributed by atoms with Crippen LogP contribution in [0.3, 0.4) is 0 Å². The zero-order chi connectivity index (χ0) is 13.7. The van der Waals surface area contributed by atoms with Crippen LogP contribution in [0.15, 0.2) is 29.9 Å². The van der Waals surface area contributed by atoms with Gasteiger partial charge in [0, 0.05) is 11.1 Å². The predicted octanol–water partition coefficient (Wildman–Crippen LogP) is 2.51. The van der Waals surface area contributed by atoms with Crippen LogP contribution in [0.1, 0.15) is 22.2 Å². The molecular weight excluding hydrogens is 262 g/mol. The highest BCUT2D eigenvalue weighted by Gasteiger charge is 2.09. The molecular formula is C13H15N3O2S. The Balaban J connectivity index is 2.10.